The van der Waals surface area contributed by atoms with Crippen LogP contribution in [0, 0.1) is 0 Å². The molecule has 1 aromatic carbocycles. The van der Waals surface area contributed by atoms with E-state index in [1.165, 1.54) is 5.56 Å². The van der Waals surface area contributed by atoms with Crippen molar-refractivity contribution in [1.29, 1.82) is 0 Å². The third-order valence-electron chi connectivity index (χ3n) is 2.93. The van der Waals surface area contributed by atoms with Crippen LogP contribution in [0.4, 0.5) is 0 Å². The van der Waals surface area contributed by atoms with Crippen LogP contribution >= 0.6 is 0 Å². The van der Waals surface area contributed by atoms with Crippen LogP contribution in [0.25, 0.3) is 0 Å². The van der Waals surface area contributed by atoms with E-state index < -0.39 is 0 Å². The number of benzene rings is 1. The van der Waals surface area contributed by atoms with Gasteiger partial charge in [-0.3, -0.25) is 4.99 Å². The Balaban J connectivity index is 2.16. The molecular formula is C14H20N2O. The van der Waals surface area contributed by atoms with Crippen molar-refractivity contribution < 1.29 is 4.74 Å². The molecule has 0 radical (unpaired) electrons. The zero-order chi connectivity index (χ0) is 12.1. The fourth-order valence-corrected chi connectivity index (χ4v) is 2.12. The van der Waals surface area contributed by atoms with E-state index in [0.29, 0.717) is 5.92 Å². The fourth-order valence-electron chi connectivity index (χ4n) is 2.12. The van der Waals surface area contributed by atoms with Crippen molar-refractivity contribution in [3.63, 3.8) is 0 Å². The summed E-state index contributed by atoms with van der Waals surface area (Å²) in [5, 5.41) is 0. The van der Waals surface area contributed by atoms with Crippen LogP contribution in [0.2, 0.25) is 0 Å². The van der Waals surface area contributed by atoms with Crippen molar-refractivity contribution in [2.45, 2.75) is 19.3 Å². The molecular weight excluding hydrogens is 212 g/mol. The molecule has 0 fully saturated rings. The highest BCUT2D eigenvalue weighted by atomic mass is 16.5. The molecule has 0 aliphatic carbocycles. The van der Waals surface area contributed by atoms with Crippen LogP contribution in [-0.4, -0.2) is 38.0 Å². The molecule has 3 heteroatoms. The number of ether oxygens (including phenoxy) is 1. The van der Waals surface area contributed by atoms with E-state index in [1.807, 2.05) is 12.4 Å². The average Bonchev–Trinajstić information content (AvgIpc) is 2.37. The molecule has 0 bridgehead atoms. The van der Waals surface area contributed by atoms with E-state index in [0.717, 1.165) is 31.9 Å². The minimum atomic E-state index is 0.443. The van der Waals surface area contributed by atoms with Gasteiger partial charge in [-0.1, -0.05) is 25.1 Å². The fraction of sp³-hybridized carbons (Fsp3) is 0.500. The lowest BCUT2D eigenvalue weighted by Crippen LogP contribution is -2.29. The molecule has 17 heavy (non-hydrogen) atoms. The highest BCUT2D eigenvalue weighted by Gasteiger charge is 2.19. The number of likely N-dealkylation sites (N-methyl/N-ethyl adjacent to an activating group) is 1. The SMILES string of the molecule is CCCOc1ccccc1C1CN=CN(C)C1. The van der Waals surface area contributed by atoms with E-state index >= 15 is 0 Å². The van der Waals surface area contributed by atoms with E-state index in [1.54, 1.807) is 0 Å². The van der Waals surface area contributed by atoms with Gasteiger partial charge in [0.1, 0.15) is 5.75 Å². The third-order valence-corrected chi connectivity index (χ3v) is 2.93. The Kier molecular flexibility index (Phi) is 4.02. The molecule has 0 saturated heterocycles. The molecule has 2 rings (SSSR count). The molecule has 1 aliphatic rings. The van der Waals surface area contributed by atoms with E-state index in [4.69, 9.17) is 4.74 Å². The van der Waals surface area contributed by atoms with Gasteiger partial charge in [-0.25, -0.2) is 0 Å². The molecule has 0 aromatic heterocycles. The average molecular weight is 232 g/mol. The number of hydrogen-bond acceptors (Lipinski definition) is 3. The summed E-state index contributed by atoms with van der Waals surface area (Å²) in [4.78, 5) is 6.51. The number of para-hydroxylation sites is 1. The molecule has 3 nitrogen and oxygen atoms in total. The summed E-state index contributed by atoms with van der Waals surface area (Å²) in [5.74, 6) is 1.46. The number of hydrogen-bond donors (Lipinski definition) is 0. The molecule has 0 N–H and O–H groups in total. The molecule has 1 aromatic rings. The smallest absolute Gasteiger partial charge is 0.122 e. The maximum Gasteiger partial charge on any atom is 0.122 e. The first-order valence-corrected chi connectivity index (χ1v) is 6.23. The predicted molar refractivity (Wildman–Crippen MR) is 71.0 cm³/mol. The monoisotopic (exact) mass is 232 g/mol. The zero-order valence-corrected chi connectivity index (χ0v) is 10.6. The first-order chi connectivity index (χ1) is 8.31. The maximum absolute atomic E-state index is 5.80. The van der Waals surface area contributed by atoms with E-state index in [9.17, 15) is 0 Å². The van der Waals surface area contributed by atoms with Crippen LogP contribution < -0.4 is 4.74 Å². The van der Waals surface area contributed by atoms with Gasteiger partial charge in [0.25, 0.3) is 0 Å². The lowest BCUT2D eigenvalue weighted by Gasteiger charge is -2.27. The Labute approximate surface area is 103 Å². The van der Waals surface area contributed by atoms with Crippen molar-refractivity contribution in [2.24, 2.45) is 4.99 Å². The first kappa shape index (κ1) is 12.0. The van der Waals surface area contributed by atoms with E-state index in [-0.39, 0.29) is 0 Å². The lowest BCUT2D eigenvalue weighted by atomic mass is 9.97. The largest absolute Gasteiger partial charge is 0.493 e. The minimum Gasteiger partial charge on any atom is -0.493 e. The molecule has 1 aliphatic heterocycles. The molecule has 0 saturated carbocycles. The molecule has 92 valence electrons. The number of aliphatic imine (C=N–C) groups is 1. The molecule has 0 spiro atoms. The topological polar surface area (TPSA) is 24.8 Å². The Bertz CT molecular complexity index is 390. The Hall–Kier alpha value is -1.51. The second-order valence-electron chi connectivity index (χ2n) is 4.50. The zero-order valence-electron chi connectivity index (χ0n) is 10.6. The van der Waals surface area contributed by atoms with Crippen molar-refractivity contribution in [1.82, 2.24) is 4.90 Å². The summed E-state index contributed by atoms with van der Waals surface area (Å²) < 4.78 is 5.80. The van der Waals surface area contributed by atoms with Crippen LogP contribution in [0.1, 0.15) is 24.8 Å². The van der Waals surface area contributed by atoms with Gasteiger partial charge in [0, 0.05) is 31.6 Å². The highest BCUT2D eigenvalue weighted by molar-refractivity contribution is 5.56. The van der Waals surface area contributed by atoms with Gasteiger partial charge in [0.2, 0.25) is 0 Å². The van der Waals surface area contributed by atoms with Crippen molar-refractivity contribution in [3.8, 4) is 5.75 Å². The normalized spacial score (nSPS) is 19.4. The van der Waals surface area contributed by atoms with Gasteiger partial charge in [-0.05, 0) is 12.5 Å². The van der Waals surface area contributed by atoms with Crippen LogP contribution in [0.5, 0.6) is 5.75 Å². The predicted octanol–water partition coefficient (Wildman–Crippen LogP) is 2.53. The van der Waals surface area contributed by atoms with Gasteiger partial charge in [-0.15, -0.1) is 0 Å². The summed E-state index contributed by atoms with van der Waals surface area (Å²) in [6, 6.07) is 8.32. The van der Waals surface area contributed by atoms with Gasteiger partial charge in [0.05, 0.1) is 12.9 Å². The molecule has 1 atom stereocenters. The third kappa shape index (κ3) is 2.99. The Morgan fingerprint density at radius 1 is 1.41 bits per heavy atom. The van der Waals surface area contributed by atoms with Gasteiger partial charge in [-0.2, -0.15) is 0 Å². The highest BCUT2D eigenvalue weighted by Crippen LogP contribution is 2.28. The molecule has 1 heterocycles. The van der Waals surface area contributed by atoms with Gasteiger partial charge in [0.15, 0.2) is 0 Å². The second kappa shape index (κ2) is 5.71. The van der Waals surface area contributed by atoms with Crippen molar-refractivity contribution in [2.75, 3.05) is 26.7 Å². The number of nitrogens with zero attached hydrogens (tertiary/aromatic N) is 2. The van der Waals surface area contributed by atoms with Crippen LogP contribution in [-0.2, 0) is 0 Å². The minimum absolute atomic E-state index is 0.443. The van der Waals surface area contributed by atoms with E-state index in [2.05, 4.69) is 42.1 Å². The lowest BCUT2D eigenvalue weighted by molar-refractivity contribution is 0.309. The maximum atomic E-state index is 5.80. The quantitative estimate of drug-likeness (QED) is 0.797. The summed E-state index contributed by atoms with van der Waals surface area (Å²) >= 11 is 0. The first-order valence-electron chi connectivity index (χ1n) is 6.23. The molecule has 1 unspecified atom stereocenters. The molecule has 0 amide bonds. The second-order valence-corrected chi connectivity index (χ2v) is 4.50. The summed E-state index contributed by atoms with van der Waals surface area (Å²) in [6.07, 6.45) is 2.95. The number of rotatable bonds is 4. The Morgan fingerprint density at radius 3 is 3.00 bits per heavy atom. The van der Waals surface area contributed by atoms with Crippen LogP contribution in [0.15, 0.2) is 29.3 Å². The van der Waals surface area contributed by atoms with Gasteiger partial charge < -0.3 is 9.64 Å². The van der Waals surface area contributed by atoms with Crippen molar-refractivity contribution in [3.05, 3.63) is 29.8 Å². The van der Waals surface area contributed by atoms with Gasteiger partial charge >= 0.3 is 0 Å². The summed E-state index contributed by atoms with van der Waals surface area (Å²) in [7, 11) is 2.06. The van der Waals surface area contributed by atoms with Crippen LogP contribution in [0.3, 0.4) is 0 Å². The summed E-state index contributed by atoms with van der Waals surface area (Å²) in [5.41, 5.74) is 1.28. The Morgan fingerprint density at radius 2 is 2.24 bits per heavy atom. The standard InChI is InChI=1S/C14H20N2O/c1-3-8-17-14-7-5-4-6-13(14)12-9-15-11-16(2)10-12/h4-7,11-12H,3,8-10H2,1-2H3. The van der Waals surface area contributed by atoms with Crippen molar-refractivity contribution >= 4 is 6.34 Å². The summed E-state index contributed by atoms with van der Waals surface area (Å²) in [6.45, 7) is 4.77.